The first-order chi connectivity index (χ1) is 21.8. The standard InChI is InChI=1S/C35H39F3N2O6/c1-20(41)44-27-12-9-24-18-28-34(46-21(2)42)15-14-26(39(3)29(43)13-8-22-6-10-25(11-7-22)35(36,37)38)32-33(34,30(24)31(27)45-32)16-17-40(28)19-23-4-5-23/h6-7,9-12,23,26,28,32H,4-5,8,13-19H2,1-3H3/t26?,28-,32?,33+,34-/m1/s1. The summed E-state index contributed by atoms with van der Waals surface area (Å²) in [6, 6.07) is 8.24. The minimum atomic E-state index is -4.42. The molecule has 3 aliphatic carbocycles. The Kier molecular flexibility index (Phi) is 7.41. The molecule has 2 aromatic carbocycles. The van der Waals surface area contributed by atoms with Gasteiger partial charge in [-0.15, -0.1) is 0 Å². The number of hydrogen-bond donors (Lipinski definition) is 0. The Morgan fingerprint density at radius 1 is 1.02 bits per heavy atom. The number of carbonyl (C=O) groups excluding carboxylic acids is 3. The molecule has 1 saturated heterocycles. The molecule has 0 radical (unpaired) electrons. The predicted octanol–water partition coefficient (Wildman–Crippen LogP) is 5.23. The van der Waals surface area contributed by atoms with Crippen LogP contribution in [0.15, 0.2) is 36.4 Å². The van der Waals surface area contributed by atoms with Crippen LogP contribution in [0.4, 0.5) is 13.2 Å². The van der Waals surface area contributed by atoms with Gasteiger partial charge in [0.15, 0.2) is 11.5 Å². The summed E-state index contributed by atoms with van der Waals surface area (Å²) >= 11 is 0. The minimum Gasteiger partial charge on any atom is -0.483 e. The van der Waals surface area contributed by atoms with E-state index in [0.29, 0.717) is 55.1 Å². The Morgan fingerprint density at radius 2 is 1.76 bits per heavy atom. The van der Waals surface area contributed by atoms with Crippen LogP contribution in [0.3, 0.4) is 0 Å². The van der Waals surface area contributed by atoms with E-state index in [1.807, 2.05) is 6.07 Å². The third kappa shape index (κ3) is 4.88. The molecule has 46 heavy (non-hydrogen) atoms. The van der Waals surface area contributed by atoms with Crippen LogP contribution in [0.25, 0.3) is 0 Å². The smallest absolute Gasteiger partial charge is 0.416 e. The van der Waals surface area contributed by atoms with Crippen molar-refractivity contribution in [3.8, 4) is 11.5 Å². The van der Waals surface area contributed by atoms with Crippen molar-refractivity contribution in [2.75, 3.05) is 20.1 Å². The van der Waals surface area contributed by atoms with Crippen molar-refractivity contribution < 1.29 is 41.8 Å². The molecular weight excluding hydrogens is 601 g/mol. The molecular formula is C35H39F3N2O6. The van der Waals surface area contributed by atoms with Gasteiger partial charge in [-0.25, -0.2) is 0 Å². The van der Waals surface area contributed by atoms with Crippen LogP contribution in [0, 0.1) is 5.92 Å². The van der Waals surface area contributed by atoms with Gasteiger partial charge in [-0.2, -0.15) is 13.2 Å². The second-order valence-corrected chi connectivity index (χ2v) is 13.7. The fraction of sp³-hybridized carbons (Fsp3) is 0.571. The monoisotopic (exact) mass is 640 g/mol. The highest BCUT2D eigenvalue weighted by atomic mass is 19.4. The normalized spacial score (nSPS) is 29.4. The molecule has 2 saturated carbocycles. The number of hydrogen-bond acceptors (Lipinski definition) is 7. The number of carbonyl (C=O) groups is 3. The Bertz CT molecular complexity index is 1570. The fourth-order valence-electron chi connectivity index (χ4n) is 8.98. The number of likely N-dealkylation sites (N-methyl/N-ethyl adjacent to an activating group) is 1. The van der Waals surface area contributed by atoms with Crippen LogP contribution in [0.2, 0.25) is 0 Å². The number of nitrogens with zero attached hydrogens (tertiary/aromatic N) is 2. The van der Waals surface area contributed by atoms with Crippen molar-refractivity contribution in [3.63, 3.8) is 0 Å². The molecule has 2 heterocycles. The summed E-state index contributed by atoms with van der Waals surface area (Å²) in [6.07, 6.45) is 0.229. The van der Waals surface area contributed by atoms with E-state index >= 15 is 0 Å². The first kappa shape index (κ1) is 31.0. The number of ether oxygens (including phenoxy) is 3. The number of piperidine rings is 1. The van der Waals surface area contributed by atoms with Crippen LogP contribution in [-0.2, 0) is 43.6 Å². The SMILES string of the molecule is CC(=O)Oc1ccc2c3c1OC1C(N(C)C(=O)CCc4ccc(C(F)(F)F)cc4)CC[C@@]4(OC(C)=O)[C@@H](C2)N(CC2CC2)CC[C@]314. The summed E-state index contributed by atoms with van der Waals surface area (Å²) in [5.74, 6) is 0.468. The van der Waals surface area contributed by atoms with E-state index in [0.717, 1.165) is 36.3 Å². The Balaban J connectivity index is 1.23. The molecule has 246 valence electrons. The van der Waals surface area contributed by atoms with Crippen molar-refractivity contribution in [2.24, 2.45) is 5.92 Å². The number of amides is 1. The average Bonchev–Trinajstić information content (AvgIpc) is 3.74. The number of benzene rings is 2. The lowest BCUT2D eigenvalue weighted by atomic mass is 9.48. The van der Waals surface area contributed by atoms with Crippen molar-refractivity contribution in [2.45, 2.75) is 101 Å². The van der Waals surface area contributed by atoms with Gasteiger partial charge in [-0.1, -0.05) is 18.2 Å². The van der Waals surface area contributed by atoms with Gasteiger partial charge >= 0.3 is 18.1 Å². The van der Waals surface area contributed by atoms with Gasteiger partial charge in [-0.3, -0.25) is 19.3 Å². The number of halogens is 3. The molecule has 11 heteroatoms. The minimum absolute atomic E-state index is 0.0588. The summed E-state index contributed by atoms with van der Waals surface area (Å²) in [5, 5.41) is 0. The molecule has 1 spiro atoms. The summed E-state index contributed by atoms with van der Waals surface area (Å²) in [4.78, 5) is 43.0. The summed E-state index contributed by atoms with van der Waals surface area (Å²) in [6.45, 7) is 4.54. The molecule has 2 unspecified atom stereocenters. The molecule has 1 amide bonds. The molecule has 2 aliphatic heterocycles. The molecule has 5 atom stereocenters. The fourth-order valence-corrected chi connectivity index (χ4v) is 8.98. The quantitative estimate of drug-likeness (QED) is 0.289. The summed E-state index contributed by atoms with van der Waals surface area (Å²) in [5.41, 5.74) is 0.285. The molecule has 2 bridgehead atoms. The Labute approximate surface area is 266 Å². The number of alkyl halides is 3. The lowest BCUT2D eigenvalue weighted by Crippen LogP contribution is -2.79. The van der Waals surface area contributed by atoms with E-state index in [-0.39, 0.29) is 30.4 Å². The van der Waals surface area contributed by atoms with Gasteiger partial charge in [0.2, 0.25) is 5.91 Å². The maximum Gasteiger partial charge on any atom is 0.416 e. The zero-order chi connectivity index (χ0) is 32.6. The first-order valence-electron chi connectivity index (χ1n) is 16.2. The van der Waals surface area contributed by atoms with Crippen molar-refractivity contribution >= 4 is 17.8 Å². The van der Waals surface area contributed by atoms with E-state index in [2.05, 4.69) is 4.90 Å². The maximum atomic E-state index is 13.7. The number of likely N-dealkylation sites (tertiary alicyclic amines) is 1. The van der Waals surface area contributed by atoms with Crippen LogP contribution < -0.4 is 9.47 Å². The lowest BCUT2D eigenvalue weighted by molar-refractivity contribution is -0.223. The number of rotatable bonds is 8. The van der Waals surface area contributed by atoms with Gasteiger partial charge in [0, 0.05) is 39.4 Å². The van der Waals surface area contributed by atoms with E-state index in [9.17, 15) is 27.6 Å². The maximum absolute atomic E-state index is 13.7. The highest BCUT2D eigenvalue weighted by molar-refractivity contribution is 5.77. The van der Waals surface area contributed by atoms with E-state index in [4.69, 9.17) is 14.2 Å². The van der Waals surface area contributed by atoms with Crippen molar-refractivity contribution in [1.82, 2.24) is 9.80 Å². The van der Waals surface area contributed by atoms with Crippen LogP contribution >= 0.6 is 0 Å². The summed E-state index contributed by atoms with van der Waals surface area (Å²) < 4.78 is 58.1. The molecule has 8 nitrogen and oxygen atoms in total. The second kappa shape index (κ2) is 11.0. The zero-order valence-corrected chi connectivity index (χ0v) is 26.3. The Hall–Kier alpha value is -3.60. The van der Waals surface area contributed by atoms with Crippen molar-refractivity contribution in [1.29, 1.82) is 0 Å². The van der Waals surface area contributed by atoms with Crippen LogP contribution in [-0.4, -0.2) is 71.6 Å². The van der Waals surface area contributed by atoms with Gasteiger partial charge in [0.1, 0.15) is 11.7 Å². The van der Waals surface area contributed by atoms with Crippen LogP contribution in [0.5, 0.6) is 11.5 Å². The average molecular weight is 641 g/mol. The third-order valence-corrected chi connectivity index (χ3v) is 11.1. The topological polar surface area (TPSA) is 85.4 Å². The third-order valence-electron chi connectivity index (χ3n) is 11.1. The van der Waals surface area contributed by atoms with E-state index in [1.165, 1.54) is 38.8 Å². The molecule has 5 aliphatic rings. The van der Waals surface area contributed by atoms with Gasteiger partial charge in [0.05, 0.1) is 23.1 Å². The molecule has 0 aromatic heterocycles. The molecule has 7 rings (SSSR count). The molecule has 0 N–H and O–H groups in total. The predicted molar refractivity (Wildman–Crippen MR) is 160 cm³/mol. The molecule has 3 fully saturated rings. The number of esters is 2. The van der Waals surface area contributed by atoms with Crippen molar-refractivity contribution in [3.05, 3.63) is 58.7 Å². The highest BCUT2D eigenvalue weighted by Crippen LogP contribution is 2.67. The Morgan fingerprint density at radius 3 is 2.41 bits per heavy atom. The summed E-state index contributed by atoms with van der Waals surface area (Å²) in [7, 11) is 1.75. The van der Waals surface area contributed by atoms with Crippen LogP contribution in [0.1, 0.15) is 74.6 Å². The van der Waals surface area contributed by atoms with Gasteiger partial charge in [0.25, 0.3) is 0 Å². The zero-order valence-electron chi connectivity index (χ0n) is 26.3. The van der Waals surface area contributed by atoms with E-state index in [1.54, 1.807) is 18.0 Å². The van der Waals surface area contributed by atoms with Gasteiger partial charge in [-0.05, 0) is 86.7 Å². The lowest BCUT2D eigenvalue weighted by Gasteiger charge is -2.65. The largest absolute Gasteiger partial charge is 0.483 e. The highest BCUT2D eigenvalue weighted by Gasteiger charge is 2.75. The second-order valence-electron chi connectivity index (χ2n) is 13.7. The first-order valence-corrected chi connectivity index (χ1v) is 16.2. The van der Waals surface area contributed by atoms with Gasteiger partial charge < -0.3 is 19.1 Å². The van der Waals surface area contributed by atoms with E-state index < -0.39 is 34.8 Å². The number of aryl methyl sites for hydroxylation is 1. The molecule has 2 aromatic rings.